The maximum absolute atomic E-state index is 5.71. The molecule has 2 aromatic rings. The summed E-state index contributed by atoms with van der Waals surface area (Å²) in [6, 6.07) is 14.7. The maximum atomic E-state index is 5.71. The number of benzene rings is 1. The van der Waals surface area contributed by atoms with Crippen molar-refractivity contribution in [2.75, 3.05) is 12.0 Å². The van der Waals surface area contributed by atoms with Crippen molar-refractivity contribution in [2.24, 2.45) is 11.8 Å². The highest BCUT2D eigenvalue weighted by Crippen LogP contribution is 2.32. The van der Waals surface area contributed by atoms with Crippen molar-refractivity contribution in [1.82, 2.24) is 21.2 Å². The van der Waals surface area contributed by atoms with Gasteiger partial charge in [-0.05, 0) is 61.4 Å². The van der Waals surface area contributed by atoms with E-state index in [2.05, 4.69) is 111 Å². The Labute approximate surface area is 209 Å². The first kappa shape index (κ1) is 24.5. The van der Waals surface area contributed by atoms with Gasteiger partial charge in [0.15, 0.2) is 0 Å². The number of hydrazine groups is 1. The summed E-state index contributed by atoms with van der Waals surface area (Å²) in [4.78, 5) is 6.95. The highest BCUT2D eigenvalue weighted by Gasteiger charge is 2.21. The molecule has 0 radical (unpaired) electrons. The molecule has 1 aromatic heterocycles. The summed E-state index contributed by atoms with van der Waals surface area (Å²) in [7, 11) is 1.67. The number of nitrogens with one attached hydrogen (secondary N) is 3. The molecule has 6 nitrogen and oxygen atoms in total. The minimum atomic E-state index is 0.169. The Hall–Kier alpha value is -3.67. The van der Waals surface area contributed by atoms with Crippen molar-refractivity contribution in [3.8, 4) is 5.88 Å². The van der Waals surface area contributed by atoms with Gasteiger partial charge in [-0.1, -0.05) is 62.8 Å². The largest absolute Gasteiger partial charge is 0.479 e. The molecule has 1 aromatic carbocycles. The van der Waals surface area contributed by atoms with E-state index in [0.29, 0.717) is 17.7 Å². The third-order valence-electron chi connectivity index (χ3n) is 6.66. The van der Waals surface area contributed by atoms with Crippen molar-refractivity contribution >= 4 is 11.4 Å². The smallest absolute Gasteiger partial charge is 0.238 e. The van der Waals surface area contributed by atoms with Gasteiger partial charge in [0.25, 0.3) is 0 Å². The minimum absolute atomic E-state index is 0.169. The fraction of sp³-hybridized carbons (Fsp3) is 0.345. The first-order valence-corrected chi connectivity index (χ1v) is 12.4. The van der Waals surface area contributed by atoms with Crippen LogP contribution in [0.5, 0.6) is 5.88 Å². The van der Waals surface area contributed by atoms with E-state index in [4.69, 9.17) is 9.72 Å². The van der Waals surface area contributed by atoms with Gasteiger partial charge >= 0.3 is 0 Å². The number of hydrogen-bond donors (Lipinski definition) is 3. The Balaban J connectivity index is 1.63. The molecule has 2 atom stereocenters. The van der Waals surface area contributed by atoms with Crippen LogP contribution in [0.2, 0.25) is 0 Å². The van der Waals surface area contributed by atoms with E-state index in [1.54, 1.807) is 7.11 Å². The van der Waals surface area contributed by atoms with Crippen LogP contribution in [0.1, 0.15) is 58.3 Å². The lowest BCUT2D eigenvalue weighted by Gasteiger charge is -2.29. The van der Waals surface area contributed by atoms with Gasteiger partial charge in [-0.2, -0.15) is 0 Å². The van der Waals surface area contributed by atoms with E-state index in [1.165, 1.54) is 16.7 Å². The zero-order valence-corrected chi connectivity index (χ0v) is 21.6. The number of pyridine rings is 1. The molecular weight excluding hydrogens is 434 g/mol. The summed E-state index contributed by atoms with van der Waals surface area (Å²) in [5.41, 5.74) is 13.1. The van der Waals surface area contributed by atoms with Crippen LogP contribution in [0.4, 0.5) is 5.69 Å². The predicted octanol–water partition coefficient (Wildman–Crippen LogP) is 6.02. The Morgan fingerprint density at radius 1 is 1.09 bits per heavy atom. The van der Waals surface area contributed by atoms with Gasteiger partial charge in [0.2, 0.25) is 5.88 Å². The van der Waals surface area contributed by atoms with Gasteiger partial charge in [0, 0.05) is 18.4 Å². The second kappa shape index (κ2) is 10.7. The molecule has 0 saturated heterocycles. The van der Waals surface area contributed by atoms with Crippen LogP contribution in [0, 0.1) is 11.8 Å². The van der Waals surface area contributed by atoms with Crippen molar-refractivity contribution in [1.29, 1.82) is 0 Å². The molecule has 0 aliphatic carbocycles. The van der Waals surface area contributed by atoms with Crippen LogP contribution >= 0.6 is 0 Å². The third-order valence-corrected chi connectivity index (χ3v) is 6.66. The SMILES string of the molecule is COc1nc(C2=CC(C(C)C)=C(N[C@@H](C)c3ccccc3)NN2)ccc1N1C=CC[C@@H](C)C(C)=C1. The lowest BCUT2D eigenvalue weighted by molar-refractivity contribution is 0.398. The monoisotopic (exact) mass is 471 g/mol. The maximum Gasteiger partial charge on any atom is 0.238 e. The molecule has 3 heterocycles. The van der Waals surface area contributed by atoms with Crippen LogP contribution in [0.15, 0.2) is 84.0 Å². The average Bonchev–Trinajstić information content (AvgIpc) is 3.04. The number of aromatic nitrogens is 1. The van der Waals surface area contributed by atoms with Gasteiger partial charge < -0.3 is 15.0 Å². The van der Waals surface area contributed by atoms with Crippen molar-refractivity contribution < 1.29 is 4.74 Å². The summed E-state index contributed by atoms with van der Waals surface area (Å²) in [5.74, 6) is 2.41. The molecule has 184 valence electrons. The van der Waals surface area contributed by atoms with E-state index in [9.17, 15) is 0 Å². The number of hydrogen-bond acceptors (Lipinski definition) is 6. The Bertz CT molecular complexity index is 1160. The second-order valence-electron chi connectivity index (χ2n) is 9.60. The molecule has 3 N–H and O–H groups in total. The second-order valence-corrected chi connectivity index (χ2v) is 9.60. The Morgan fingerprint density at radius 2 is 1.86 bits per heavy atom. The Kier molecular flexibility index (Phi) is 7.49. The van der Waals surface area contributed by atoms with Gasteiger partial charge in [-0.25, -0.2) is 4.98 Å². The standard InChI is InChI=1S/C29H37N5O/c1-19(2)24-17-26(32-33-28(24)30-22(5)23-12-8-7-9-13-23)25-14-15-27(29(31-25)35-6)34-16-10-11-20(3)21(4)18-34/h7-10,12-20,22,30,32-33H,11H2,1-6H3/t20-,22+/m1/s1. The fourth-order valence-corrected chi connectivity index (χ4v) is 4.25. The highest BCUT2D eigenvalue weighted by molar-refractivity contribution is 5.70. The van der Waals surface area contributed by atoms with E-state index < -0.39 is 0 Å². The summed E-state index contributed by atoms with van der Waals surface area (Å²) in [6.45, 7) is 11.0. The zero-order valence-electron chi connectivity index (χ0n) is 21.6. The summed E-state index contributed by atoms with van der Waals surface area (Å²) >= 11 is 0. The van der Waals surface area contributed by atoms with E-state index in [1.807, 2.05) is 12.1 Å². The molecule has 35 heavy (non-hydrogen) atoms. The van der Waals surface area contributed by atoms with E-state index >= 15 is 0 Å². The number of anilines is 1. The number of nitrogens with zero attached hydrogens (tertiary/aromatic N) is 2. The molecule has 0 saturated carbocycles. The molecule has 4 rings (SSSR count). The molecular formula is C29H37N5O. The van der Waals surface area contributed by atoms with Crippen LogP contribution < -0.4 is 25.8 Å². The molecule has 0 amide bonds. The van der Waals surface area contributed by atoms with Crippen molar-refractivity contribution in [3.63, 3.8) is 0 Å². The topological polar surface area (TPSA) is 61.5 Å². The van der Waals surface area contributed by atoms with Crippen molar-refractivity contribution in [3.05, 3.63) is 95.2 Å². The molecule has 0 spiro atoms. The number of ether oxygens (including phenoxy) is 1. The number of rotatable bonds is 7. The molecule has 0 fully saturated rings. The van der Waals surface area contributed by atoms with Gasteiger partial charge in [-0.3, -0.25) is 10.9 Å². The fourth-order valence-electron chi connectivity index (χ4n) is 4.25. The number of methoxy groups -OCH3 is 1. The van der Waals surface area contributed by atoms with Gasteiger partial charge in [0.1, 0.15) is 11.5 Å². The normalized spacial score (nSPS) is 18.8. The quantitative estimate of drug-likeness (QED) is 0.459. The van der Waals surface area contributed by atoms with Crippen molar-refractivity contribution in [2.45, 2.75) is 47.1 Å². The predicted molar refractivity (Wildman–Crippen MR) is 144 cm³/mol. The van der Waals surface area contributed by atoms with E-state index in [-0.39, 0.29) is 6.04 Å². The third kappa shape index (κ3) is 5.53. The van der Waals surface area contributed by atoms with Gasteiger partial charge in [0.05, 0.1) is 18.5 Å². The lowest BCUT2D eigenvalue weighted by Crippen LogP contribution is -2.41. The minimum Gasteiger partial charge on any atom is -0.479 e. The molecule has 0 unspecified atom stereocenters. The molecule has 2 aliphatic heterocycles. The lowest BCUT2D eigenvalue weighted by atomic mass is 9.99. The summed E-state index contributed by atoms with van der Waals surface area (Å²) < 4.78 is 5.71. The number of allylic oxidation sites excluding steroid dienone is 4. The van der Waals surface area contributed by atoms with Gasteiger partial charge in [-0.15, -0.1) is 0 Å². The molecule has 2 aliphatic rings. The van der Waals surface area contributed by atoms with Crippen LogP contribution in [0.25, 0.3) is 5.70 Å². The Morgan fingerprint density at radius 3 is 2.57 bits per heavy atom. The zero-order chi connectivity index (χ0) is 24.9. The summed E-state index contributed by atoms with van der Waals surface area (Å²) in [5, 5.41) is 3.62. The summed E-state index contributed by atoms with van der Waals surface area (Å²) in [6.07, 6.45) is 9.65. The first-order chi connectivity index (χ1) is 16.9. The van der Waals surface area contributed by atoms with Crippen LogP contribution in [-0.4, -0.2) is 12.1 Å². The van der Waals surface area contributed by atoms with E-state index in [0.717, 1.165) is 29.3 Å². The highest BCUT2D eigenvalue weighted by atomic mass is 16.5. The average molecular weight is 472 g/mol. The first-order valence-electron chi connectivity index (χ1n) is 12.4. The van der Waals surface area contributed by atoms with Crippen LogP contribution in [0.3, 0.4) is 0 Å². The molecule has 0 bridgehead atoms. The molecule has 6 heteroatoms. The van der Waals surface area contributed by atoms with Crippen LogP contribution in [-0.2, 0) is 0 Å².